The summed E-state index contributed by atoms with van der Waals surface area (Å²) in [6.45, 7) is 11.2. The Hall–Kier alpha value is -1.95. The molecular formula is C23H32ClN3O2. The van der Waals surface area contributed by atoms with E-state index in [1.54, 1.807) is 6.08 Å². The first kappa shape index (κ1) is 23.3. The molecule has 2 aliphatic rings. The fraction of sp³-hybridized carbons (Fsp3) is 0.478. The van der Waals surface area contributed by atoms with Gasteiger partial charge in [-0.05, 0) is 44.4 Å². The van der Waals surface area contributed by atoms with Crippen molar-refractivity contribution in [1.29, 1.82) is 0 Å². The van der Waals surface area contributed by atoms with E-state index in [4.69, 9.17) is 4.74 Å². The molecule has 1 atom stereocenters. The third-order valence-corrected chi connectivity index (χ3v) is 5.56. The van der Waals surface area contributed by atoms with Crippen LogP contribution in [0.1, 0.15) is 31.0 Å². The second-order valence-electron chi connectivity index (χ2n) is 7.79. The molecule has 0 saturated carbocycles. The van der Waals surface area contributed by atoms with Gasteiger partial charge in [-0.25, -0.2) is 0 Å². The molecule has 1 spiro atoms. The van der Waals surface area contributed by atoms with Gasteiger partial charge in [0.15, 0.2) is 0 Å². The van der Waals surface area contributed by atoms with Crippen molar-refractivity contribution >= 4 is 18.3 Å². The maximum Gasteiger partial charge on any atom is 0.255 e. The number of allylic oxidation sites excluding steroid dienone is 4. The average molecular weight is 418 g/mol. The lowest BCUT2D eigenvalue weighted by Crippen LogP contribution is -2.60. The largest absolute Gasteiger partial charge is 0.360 e. The zero-order valence-corrected chi connectivity index (χ0v) is 18.2. The highest BCUT2D eigenvalue weighted by Gasteiger charge is 2.44. The smallest absolute Gasteiger partial charge is 0.255 e. The predicted octanol–water partition coefficient (Wildman–Crippen LogP) is 3.69. The molecule has 3 rings (SSSR count). The van der Waals surface area contributed by atoms with Gasteiger partial charge in [-0.2, -0.15) is 0 Å². The number of aryl methyl sites for hydroxylation is 1. The van der Waals surface area contributed by atoms with Crippen LogP contribution < -0.4 is 0 Å². The molecule has 2 aliphatic heterocycles. The van der Waals surface area contributed by atoms with Crippen LogP contribution in [0.4, 0.5) is 0 Å². The lowest BCUT2D eigenvalue weighted by atomic mass is 9.88. The third-order valence-electron chi connectivity index (χ3n) is 5.56. The van der Waals surface area contributed by atoms with Crippen LogP contribution in [-0.4, -0.2) is 58.6 Å². The van der Waals surface area contributed by atoms with Gasteiger partial charge in [-0.1, -0.05) is 30.9 Å². The van der Waals surface area contributed by atoms with Crippen LogP contribution in [0, 0.1) is 6.92 Å². The van der Waals surface area contributed by atoms with E-state index in [1.807, 2.05) is 42.4 Å². The summed E-state index contributed by atoms with van der Waals surface area (Å²) in [4.78, 5) is 21.2. The fourth-order valence-electron chi connectivity index (χ4n) is 3.89. The molecule has 3 heterocycles. The Morgan fingerprint density at radius 2 is 2.03 bits per heavy atom. The number of carbonyl (C=O) groups is 1. The van der Waals surface area contributed by atoms with E-state index >= 15 is 0 Å². The summed E-state index contributed by atoms with van der Waals surface area (Å²) in [5, 5.41) is 0. The van der Waals surface area contributed by atoms with Gasteiger partial charge in [-0.3, -0.25) is 9.78 Å². The Labute approximate surface area is 180 Å². The quantitative estimate of drug-likeness (QED) is 0.662. The van der Waals surface area contributed by atoms with Crippen LogP contribution in [-0.2, 0) is 16.0 Å². The summed E-state index contributed by atoms with van der Waals surface area (Å²) < 4.78 is 6.21. The van der Waals surface area contributed by atoms with Crippen molar-refractivity contribution in [3.8, 4) is 0 Å². The predicted molar refractivity (Wildman–Crippen MR) is 119 cm³/mol. The zero-order chi connectivity index (χ0) is 20.0. The van der Waals surface area contributed by atoms with Gasteiger partial charge in [0.2, 0.25) is 0 Å². The molecule has 29 heavy (non-hydrogen) atoms. The number of likely N-dealkylation sites (tertiary alicyclic amines) is 1. The average Bonchev–Trinajstić information content (AvgIpc) is 2.70. The van der Waals surface area contributed by atoms with Gasteiger partial charge in [0.25, 0.3) is 5.91 Å². The number of carbonyl (C=O) groups excluding carboxylic acids is 1. The summed E-state index contributed by atoms with van der Waals surface area (Å²) in [5.74, 6) is 0.0294. The minimum Gasteiger partial charge on any atom is -0.360 e. The van der Waals surface area contributed by atoms with Gasteiger partial charge in [-0.15, -0.1) is 12.4 Å². The van der Waals surface area contributed by atoms with Crippen molar-refractivity contribution in [2.75, 3.05) is 26.2 Å². The minimum absolute atomic E-state index is 0. The van der Waals surface area contributed by atoms with Crippen LogP contribution in [0.25, 0.3) is 0 Å². The normalized spacial score (nSPS) is 22.3. The lowest BCUT2D eigenvalue weighted by Gasteiger charge is -2.48. The number of aromatic nitrogens is 1. The summed E-state index contributed by atoms with van der Waals surface area (Å²) in [7, 11) is 0. The fourth-order valence-corrected chi connectivity index (χ4v) is 3.89. The van der Waals surface area contributed by atoms with Gasteiger partial charge in [0.1, 0.15) is 6.10 Å². The molecule has 6 heteroatoms. The number of hydrogen-bond donors (Lipinski definition) is 0. The van der Waals surface area contributed by atoms with Crippen molar-refractivity contribution in [2.45, 2.75) is 44.8 Å². The highest BCUT2D eigenvalue weighted by atomic mass is 35.5. The van der Waals surface area contributed by atoms with Gasteiger partial charge < -0.3 is 14.5 Å². The van der Waals surface area contributed by atoms with Crippen LogP contribution in [0.15, 0.2) is 55.4 Å². The van der Waals surface area contributed by atoms with Crippen molar-refractivity contribution in [1.82, 2.24) is 14.8 Å². The molecule has 1 aromatic rings. The first-order valence-corrected chi connectivity index (χ1v) is 10.1. The van der Waals surface area contributed by atoms with Crippen LogP contribution in [0.2, 0.25) is 0 Å². The maximum atomic E-state index is 12.5. The van der Waals surface area contributed by atoms with Crippen molar-refractivity contribution in [2.24, 2.45) is 0 Å². The molecule has 5 nitrogen and oxygen atoms in total. The van der Waals surface area contributed by atoms with Crippen LogP contribution in [0.3, 0.4) is 0 Å². The Morgan fingerprint density at radius 3 is 2.69 bits per heavy atom. The number of morpholine rings is 1. The molecule has 0 aliphatic carbocycles. The van der Waals surface area contributed by atoms with E-state index in [-0.39, 0.29) is 23.9 Å². The van der Waals surface area contributed by atoms with E-state index in [2.05, 4.69) is 35.5 Å². The SMILES string of the molecule is C=C/C=C\C=C\N1CC2(CCN(CCc3ccc(C)cn3)CC2)OC(C)C1=O.Cl. The summed E-state index contributed by atoms with van der Waals surface area (Å²) in [5.41, 5.74) is 2.10. The summed E-state index contributed by atoms with van der Waals surface area (Å²) in [6.07, 6.45) is 13.6. The molecule has 2 fully saturated rings. The van der Waals surface area contributed by atoms with Gasteiger partial charge in [0.05, 0.1) is 12.1 Å². The number of piperidine rings is 1. The highest BCUT2D eigenvalue weighted by Crippen LogP contribution is 2.33. The van der Waals surface area contributed by atoms with Crippen LogP contribution in [0.5, 0.6) is 0 Å². The molecule has 1 amide bonds. The Morgan fingerprint density at radius 1 is 1.28 bits per heavy atom. The Kier molecular flexibility index (Phi) is 8.62. The first-order valence-electron chi connectivity index (χ1n) is 10.1. The third kappa shape index (κ3) is 6.26. The number of halogens is 1. The lowest BCUT2D eigenvalue weighted by molar-refractivity contribution is -0.184. The number of amides is 1. The summed E-state index contributed by atoms with van der Waals surface area (Å²) >= 11 is 0. The van der Waals surface area contributed by atoms with Crippen LogP contribution >= 0.6 is 12.4 Å². The highest BCUT2D eigenvalue weighted by molar-refractivity contribution is 5.85. The minimum atomic E-state index is -0.398. The zero-order valence-electron chi connectivity index (χ0n) is 17.4. The molecule has 158 valence electrons. The van der Waals surface area contributed by atoms with Crippen molar-refractivity contribution in [3.63, 3.8) is 0 Å². The second-order valence-corrected chi connectivity index (χ2v) is 7.79. The molecular weight excluding hydrogens is 386 g/mol. The van der Waals surface area contributed by atoms with E-state index in [0.717, 1.165) is 44.6 Å². The van der Waals surface area contributed by atoms with Gasteiger partial charge in [0, 0.05) is 44.1 Å². The maximum absolute atomic E-state index is 12.5. The van der Waals surface area contributed by atoms with E-state index in [0.29, 0.717) is 6.54 Å². The van der Waals surface area contributed by atoms with Crippen molar-refractivity contribution in [3.05, 3.63) is 66.7 Å². The monoisotopic (exact) mass is 417 g/mol. The summed E-state index contributed by atoms with van der Waals surface area (Å²) in [6, 6.07) is 4.23. The molecule has 0 bridgehead atoms. The molecule has 1 unspecified atom stereocenters. The standard InChI is InChI=1S/C23H31N3O2.ClH/c1-4-5-6-7-13-26-18-23(28-20(3)22(26)27)11-15-25(16-12-23)14-10-21-9-8-19(2)17-24-21;/h4-9,13,17,20H,1,10-12,14-16,18H2,2-3H3;1H/b6-5-,13-7+;. The number of pyridine rings is 1. The molecule has 1 aromatic heterocycles. The Bertz CT molecular complexity index is 737. The number of rotatable bonds is 6. The van der Waals surface area contributed by atoms with E-state index in [9.17, 15) is 4.79 Å². The van der Waals surface area contributed by atoms with E-state index < -0.39 is 6.10 Å². The number of ether oxygens (including phenoxy) is 1. The second kappa shape index (κ2) is 10.7. The first-order chi connectivity index (χ1) is 13.5. The van der Waals surface area contributed by atoms with Crippen molar-refractivity contribution < 1.29 is 9.53 Å². The molecule has 2 saturated heterocycles. The Balaban J connectivity index is 0.00000300. The topological polar surface area (TPSA) is 45.7 Å². The van der Waals surface area contributed by atoms with Gasteiger partial charge >= 0.3 is 0 Å². The molecule has 0 radical (unpaired) electrons. The van der Waals surface area contributed by atoms with E-state index in [1.165, 1.54) is 5.56 Å². The molecule has 0 aromatic carbocycles. The number of nitrogens with zero attached hydrogens (tertiary/aromatic N) is 3. The number of hydrogen-bond acceptors (Lipinski definition) is 4. The molecule has 0 N–H and O–H groups in total.